The second-order valence-electron chi connectivity index (χ2n) is 4.75. The van der Waals surface area contributed by atoms with E-state index in [1.807, 2.05) is 0 Å². The molecule has 0 atom stereocenters. The molecule has 0 aliphatic rings. The van der Waals surface area contributed by atoms with Gasteiger partial charge in [0.15, 0.2) is 11.6 Å². The van der Waals surface area contributed by atoms with Crippen molar-refractivity contribution < 1.29 is 19.0 Å². The van der Waals surface area contributed by atoms with E-state index >= 15 is 0 Å². The average molecular weight is 266 g/mol. The zero-order valence-electron chi connectivity index (χ0n) is 11.4. The molecule has 0 aliphatic heterocycles. The summed E-state index contributed by atoms with van der Waals surface area (Å²) in [6.45, 7) is 4.12. The number of carbonyl (C=O) groups is 1. The first-order valence-electron chi connectivity index (χ1n) is 6.22. The Labute approximate surface area is 112 Å². The van der Waals surface area contributed by atoms with E-state index in [4.69, 9.17) is 9.84 Å². The summed E-state index contributed by atoms with van der Waals surface area (Å²) >= 11 is 0. The van der Waals surface area contributed by atoms with Crippen LogP contribution in [0.4, 0.5) is 4.39 Å². The second kappa shape index (κ2) is 6.92. The highest BCUT2D eigenvalue weighted by molar-refractivity contribution is 5.85. The minimum atomic E-state index is -1.05. The van der Waals surface area contributed by atoms with Gasteiger partial charge in [0.2, 0.25) is 0 Å². The molecule has 1 rings (SSSR count). The topological polar surface area (TPSA) is 46.5 Å². The van der Waals surface area contributed by atoms with Gasteiger partial charge in [-0.05, 0) is 42.0 Å². The van der Waals surface area contributed by atoms with Gasteiger partial charge in [-0.25, -0.2) is 9.18 Å². The third kappa shape index (κ3) is 4.39. The van der Waals surface area contributed by atoms with Gasteiger partial charge in [-0.3, -0.25) is 0 Å². The summed E-state index contributed by atoms with van der Waals surface area (Å²) in [7, 11) is 1.41. The highest BCUT2D eigenvalue weighted by atomic mass is 19.1. The van der Waals surface area contributed by atoms with E-state index in [2.05, 4.69) is 13.8 Å². The molecule has 1 aromatic rings. The number of hydrogen-bond donors (Lipinski definition) is 1. The SMILES string of the molecule is COc1ccc(C=CC(=O)O)c(CCC(C)C)c1F. The first-order valence-corrected chi connectivity index (χ1v) is 6.22. The molecule has 0 saturated carbocycles. The minimum absolute atomic E-state index is 0.186. The summed E-state index contributed by atoms with van der Waals surface area (Å²) in [5.41, 5.74) is 1.09. The standard InChI is InChI=1S/C15H19FO3/c1-10(2)4-7-12-11(6-9-14(17)18)5-8-13(19-3)15(12)16/h5-6,8-10H,4,7H2,1-3H3,(H,17,18). The molecule has 0 heterocycles. The molecule has 0 aliphatic carbocycles. The lowest BCUT2D eigenvalue weighted by atomic mass is 9.97. The minimum Gasteiger partial charge on any atom is -0.494 e. The van der Waals surface area contributed by atoms with E-state index in [-0.39, 0.29) is 5.75 Å². The summed E-state index contributed by atoms with van der Waals surface area (Å²) in [5.74, 6) is -0.824. The molecule has 0 radical (unpaired) electrons. The van der Waals surface area contributed by atoms with Crippen molar-refractivity contribution in [1.82, 2.24) is 0 Å². The molecule has 0 fully saturated rings. The first kappa shape index (κ1) is 15.2. The van der Waals surface area contributed by atoms with Crippen molar-refractivity contribution in [2.75, 3.05) is 7.11 Å². The maximum absolute atomic E-state index is 14.2. The van der Waals surface area contributed by atoms with Gasteiger partial charge in [-0.2, -0.15) is 0 Å². The van der Waals surface area contributed by atoms with Crippen LogP contribution in [0.3, 0.4) is 0 Å². The molecule has 1 aromatic carbocycles. The number of carboxylic acids is 1. The van der Waals surface area contributed by atoms with Gasteiger partial charge in [0.25, 0.3) is 0 Å². The molecule has 104 valence electrons. The van der Waals surface area contributed by atoms with E-state index in [0.29, 0.717) is 23.5 Å². The number of halogens is 1. The fourth-order valence-electron chi connectivity index (χ4n) is 1.78. The molecular formula is C15H19FO3. The summed E-state index contributed by atoms with van der Waals surface area (Å²) in [6, 6.07) is 3.19. The van der Waals surface area contributed by atoms with Gasteiger partial charge in [0.05, 0.1) is 7.11 Å². The first-order chi connectivity index (χ1) is 8.95. The molecule has 19 heavy (non-hydrogen) atoms. The second-order valence-corrected chi connectivity index (χ2v) is 4.75. The molecule has 0 spiro atoms. The van der Waals surface area contributed by atoms with Crippen LogP contribution >= 0.6 is 0 Å². The Hall–Kier alpha value is -1.84. The van der Waals surface area contributed by atoms with Crippen molar-refractivity contribution in [3.8, 4) is 5.75 Å². The van der Waals surface area contributed by atoms with Gasteiger partial charge in [-0.15, -0.1) is 0 Å². The van der Waals surface area contributed by atoms with Crippen LogP contribution in [0.25, 0.3) is 6.08 Å². The predicted octanol–water partition coefficient (Wildman–Crippen LogP) is 3.52. The van der Waals surface area contributed by atoms with Crippen molar-refractivity contribution in [2.45, 2.75) is 26.7 Å². The lowest BCUT2D eigenvalue weighted by molar-refractivity contribution is -0.131. The van der Waals surface area contributed by atoms with Crippen molar-refractivity contribution >= 4 is 12.0 Å². The van der Waals surface area contributed by atoms with Crippen LogP contribution in [0.2, 0.25) is 0 Å². The largest absolute Gasteiger partial charge is 0.494 e. The molecule has 0 saturated heterocycles. The molecule has 0 aromatic heterocycles. The number of methoxy groups -OCH3 is 1. The highest BCUT2D eigenvalue weighted by Crippen LogP contribution is 2.26. The highest BCUT2D eigenvalue weighted by Gasteiger charge is 2.13. The van der Waals surface area contributed by atoms with Crippen molar-refractivity contribution in [3.05, 3.63) is 35.2 Å². The Morgan fingerprint density at radius 1 is 1.47 bits per heavy atom. The number of rotatable bonds is 6. The molecule has 0 amide bonds. The quantitative estimate of drug-likeness (QED) is 0.801. The Kier molecular flexibility index (Phi) is 5.55. The van der Waals surface area contributed by atoms with Crippen molar-refractivity contribution in [1.29, 1.82) is 0 Å². The maximum Gasteiger partial charge on any atom is 0.328 e. The smallest absolute Gasteiger partial charge is 0.328 e. The maximum atomic E-state index is 14.2. The van der Waals surface area contributed by atoms with E-state index < -0.39 is 11.8 Å². The van der Waals surface area contributed by atoms with Gasteiger partial charge in [-0.1, -0.05) is 19.9 Å². The Morgan fingerprint density at radius 2 is 2.16 bits per heavy atom. The van der Waals surface area contributed by atoms with Crippen molar-refractivity contribution in [3.63, 3.8) is 0 Å². The van der Waals surface area contributed by atoms with Gasteiger partial charge < -0.3 is 9.84 Å². The summed E-state index contributed by atoms with van der Waals surface area (Å²) in [4.78, 5) is 10.6. The van der Waals surface area contributed by atoms with Crippen LogP contribution in [0.1, 0.15) is 31.4 Å². The average Bonchev–Trinajstić information content (AvgIpc) is 2.34. The Morgan fingerprint density at radius 3 is 2.68 bits per heavy atom. The normalized spacial score (nSPS) is 11.2. The number of ether oxygens (including phenoxy) is 1. The number of carboxylic acid groups (broad SMARTS) is 1. The van der Waals surface area contributed by atoms with Crippen LogP contribution in [0.5, 0.6) is 5.75 Å². The number of hydrogen-bond acceptors (Lipinski definition) is 2. The van der Waals surface area contributed by atoms with Crippen LogP contribution in [-0.2, 0) is 11.2 Å². The Bertz CT molecular complexity index is 479. The predicted molar refractivity (Wildman–Crippen MR) is 72.8 cm³/mol. The van der Waals surface area contributed by atoms with Crippen LogP contribution in [0.15, 0.2) is 18.2 Å². The summed E-state index contributed by atoms with van der Waals surface area (Å²) in [6.07, 6.45) is 3.82. The summed E-state index contributed by atoms with van der Waals surface area (Å²) in [5, 5.41) is 8.65. The third-order valence-electron chi connectivity index (χ3n) is 2.84. The van der Waals surface area contributed by atoms with Crippen molar-refractivity contribution in [2.24, 2.45) is 5.92 Å². The van der Waals surface area contributed by atoms with Gasteiger partial charge in [0.1, 0.15) is 0 Å². The zero-order valence-corrected chi connectivity index (χ0v) is 11.4. The Balaban J connectivity index is 3.14. The molecule has 0 unspecified atom stereocenters. The van der Waals surface area contributed by atoms with E-state index in [0.717, 1.165) is 12.5 Å². The molecular weight excluding hydrogens is 247 g/mol. The zero-order chi connectivity index (χ0) is 14.4. The van der Waals surface area contributed by atoms with E-state index in [1.54, 1.807) is 6.07 Å². The molecule has 3 nitrogen and oxygen atoms in total. The fraction of sp³-hybridized carbons (Fsp3) is 0.400. The summed E-state index contributed by atoms with van der Waals surface area (Å²) < 4.78 is 19.2. The molecule has 1 N–H and O–H groups in total. The monoisotopic (exact) mass is 266 g/mol. The van der Waals surface area contributed by atoms with Crippen LogP contribution < -0.4 is 4.74 Å². The lowest BCUT2D eigenvalue weighted by Crippen LogP contribution is -2.01. The van der Waals surface area contributed by atoms with Gasteiger partial charge in [0, 0.05) is 6.08 Å². The number of aliphatic carboxylic acids is 1. The van der Waals surface area contributed by atoms with E-state index in [1.165, 1.54) is 19.3 Å². The molecule has 4 heteroatoms. The van der Waals surface area contributed by atoms with E-state index in [9.17, 15) is 9.18 Å². The van der Waals surface area contributed by atoms with Crippen LogP contribution in [-0.4, -0.2) is 18.2 Å². The third-order valence-corrected chi connectivity index (χ3v) is 2.84. The number of benzene rings is 1. The fourth-order valence-corrected chi connectivity index (χ4v) is 1.78. The molecule has 0 bridgehead atoms. The van der Waals surface area contributed by atoms with Gasteiger partial charge >= 0.3 is 5.97 Å². The van der Waals surface area contributed by atoms with Crippen LogP contribution in [0, 0.1) is 11.7 Å². The lowest BCUT2D eigenvalue weighted by Gasteiger charge is -2.12.